The maximum absolute atomic E-state index is 14.9. The first-order chi connectivity index (χ1) is 20.4. The SMILES string of the molecule is O=C(Nc1c(F)ccc(NC(=O)C(F)(F)C(F)F)c1F)c1cc(NC(=O)[C@H]2[C@H](c3cc(Cl)c(Cl)c(Cl)c3)C2(Cl)Cl)ccc1Cl. The van der Waals surface area contributed by atoms with Crippen molar-refractivity contribution in [3.63, 3.8) is 0 Å². The van der Waals surface area contributed by atoms with Crippen molar-refractivity contribution in [2.45, 2.75) is 22.6 Å². The molecule has 0 saturated heterocycles. The molecule has 0 aromatic heterocycles. The average Bonchev–Trinajstić information content (AvgIpc) is 3.53. The van der Waals surface area contributed by atoms with E-state index < -0.39 is 74.8 Å². The van der Waals surface area contributed by atoms with E-state index in [-0.39, 0.29) is 25.8 Å². The lowest BCUT2D eigenvalue weighted by Gasteiger charge is -2.17. The van der Waals surface area contributed by atoms with E-state index in [1.54, 1.807) is 0 Å². The number of hydrogen-bond donors (Lipinski definition) is 3. The van der Waals surface area contributed by atoms with Crippen LogP contribution >= 0.6 is 69.6 Å². The van der Waals surface area contributed by atoms with Crippen LogP contribution in [0.3, 0.4) is 0 Å². The van der Waals surface area contributed by atoms with Crippen molar-refractivity contribution in [3.8, 4) is 0 Å². The van der Waals surface area contributed by atoms with E-state index in [0.717, 1.165) is 6.07 Å². The summed E-state index contributed by atoms with van der Waals surface area (Å²) in [6.07, 6.45) is -4.41. The third-order valence-corrected chi connectivity index (χ3v) is 8.80. The first-order valence-electron chi connectivity index (χ1n) is 11.8. The normalized spacial score (nSPS) is 17.3. The summed E-state index contributed by atoms with van der Waals surface area (Å²) in [5.41, 5.74) is -2.39. The summed E-state index contributed by atoms with van der Waals surface area (Å²) < 4.78 is 79.2. The van der Waals surface area contributed by atoms with Crippen molar-refractivity contribution in [1.29, 1.82) is 0 Å². The molecule has 6 nitrogen and oxygen atoms in total. The Kier molecular flexibility index (Phi) is 9.85. The fourth-order valence-corrected chi connectivity index (χ4v) is 5.71. The van der Waals surface area contributed by atoms with Gasteiger partial charge in [-0.25, -0.2) is 17.6 Å². The standard InChI is InChI=1S/C26H13Cl6F6N3O3/c27-11-2-1-9(39-22(43)17-16(25(17,31)32)8-5-12(28)18(30)13(29)6-8)7-10(11)21(42)41-20-14(33)3-4-15(19(20)34)40-24(44)26(37,38)23(35)36/h1-7,16-17,23H,(H,39,43)(H,40,44)(H,41,42)/t16-,17+/m0/s1. The molecule has 0 spiro atoms. The number of halogens is 12. The third kappa shape index (κ3) is 6.66. The van der Waals surface area contributed by atoms with Gasteiger partial charge in [0.15, 0.2) is 5.82 Å². The van der Waals surface area contributed by atoms with Crippen LogP contribution in [0.2, 0.25) is 20.1 Å². The maximum Gasteiger partial charge on any atom is 0.383 e. The van der Waals surface area contributed by atoms with Gasteiger partial charge in [0.25, 0.3) is 5.91 Å². The number of nitrogens with one attached hydrogen (secondary N) is 3. The number of carbonyl (C=O) groups is 3. The molecule has 0 heterocycles. The van der Waals surface area contributed by atoms with Crippen LogP contribution in [0, 0.1) is 17.6 Å². The van der Waals surface area contributed by atoms with Crippen LogP contribution < -0.4 is 16.0 Å². The van der Waals surface area contributed by atoms with E-state index in [0.29, 0.717) is 17.7 Å². The molecule has 1 saturated carbocycles. The number of hydrogen-bond acceptors (Lipinski definition) is 3. The van der Waals surface area contributed by atoms with Gasteiger partial charge in [-0.1, -0.05) is 46.4 Å². The molecule has 234 valence electrons. The topological polar surface area (TPSA) is 87.3 Å². The zero-order chi connectivity index (χ0) is 32.9. The summed E-state index contributed by atoms with van der Waals surface area (Å²) in [5.74, 6) is -14.7. The fraction of sp³-hybridized carbons (Fsp3) is 0.192. The van der Waals surface area contributed by atoms with Crippen molar-refractivity contribution < 1.29 is 40.7 Å². The van der Waals surface area contributed by atoms with E-state index in [9.17, 15) is 40.7 Å². The van der Waals surface area contributed by atoms with Gasteiger partial charge in [-0.05, 0) is 48.0 Å². The van der Waals surface area contributed by atoms with E-state index in [4.69, 9.17) is 69.6 Å². The van der Waals surface area contributed by atoms with Gasteiger partial charge in [-0.2, -0.15) is 8.78 Å². The minimum Gasteiger partial charge on any atom is -0.326 e. The number of alkyl halides is 6. The lowest BCUT2D eigenvalue weighted by Crippen LogP contribution is -2.41. The average molecular weight is 742 g/mol. The van der Waals surface area contributed by atoms with Gasteiger partial charge in [-0.3, -0.25) is 14.4 Å². The fourth-order valence-electron chi connectivity index (χ4n) is 4.07. The second-order valence-corrected chi connectivity index (χ2v) is 12.3. The minimum absolute atomic E-state index is 0.0253. The monoisotopic (exact) mass is 739 g/mol. The highest BCUT2D eigenvalue weighted by Gasteiger charge is 2.67. The van der Waals surface area contributed by atoms with Gasteiger partial charge in [-0.15, -0.1) is 23.2 Å². The second-order valence-electron chi connectivity index (χ2n) is 9.23. The first kappa shape index (κ1) is 34.3. The molecule has 0 aliphatic heterocycles. The van der Waals surface area contributed by atoms with Gasteiger partial charge in [0.05, 0.1) is 37.3 Å². The molecule has 0 radical (unpaired) electrons. The smallest absolute Gasteiger partial charge is 0.326 e. The zero-order valence-electron chi connectivity index (χ0n) is 21.0. The number of benzene rings is 3. The Morgan fingerprint density at radius 1 is 0.841 bits per heavy atom. The van der Waals surface area contributed by atoms with Crippen molar-refractivity contribution >= 4 is 104 Å². The molecule has 3 amide bonds. The summed E-state index contributed by atoms with van der Waals surface area (Å²) in [6.45, 7) is 0. The van der Waals surface area contributed by atoms with Crippen molar-refractivity contribution in [2.24, 2.45) is 5.92 Å². The van der Waals surface area contributed by atoms with Crippen LogP contribution in [0.1, 0.15) is 21.8 Å². The predicted molar refractivity (Wildman–Crippen MR) is 156 cm³/mol. The molecular formula is C26H13Cl6F6N3O3. The van der Waals surface area contributed by atoms with Crippen LogP contribution in [-0.4, -0.2) is 34.4 Å². The predicted octanol–water partition coefficient (Wildman–Crippen LogP) is 9.20. The van der Waals surface area contributed by atoms with Crippen LogP contribution in [0.4, 0.5) is 43.4 Å². The number of anilines is 3. The molecule has 3 aromatic carbocycles. The van der Waals surface area contributed by atoms with E-state index in [2.05, 4.69) is 5.32 Å². The van der Waals surface area contributed by atoms with Gasteiger partial charge >= 0.3 is 18.3 Å². The van der Waals surface area contributed by atoms with Crippen LogP contribution in [-0.2, 0) is 9.59 Å². The largest absolute Gasteiger partial charge is 0.383 e. The molecule has 18 heteroatoms. The van der Waals surface area contributed by atoms with E-state index in [1.165, 1.54) is 29.6 Å². The Hall–Kier alpha value is -2.61. The Morgan fingerprint density at radius 2 is 1.45 bits per heavy atom. The first-order valence-corrected chi connectivity index (χ1v) is 14.0. The summed E-state index contributed by atoms with van der Waals surface area (Å²) in [7, 11) is 0. The Balaban J connectivity index is 1.53. The Bertz CT molecular complexity index is 1670. The molecule has 4 rings (SSSR count). The second kappa shape index (κ2) is 12.6. The highest BCUT2D eigenvalue weighted by atomic mass is 35.5. The van der Waals surface area contributed by atoms with Gasteiger partial charge in [0.1, 0.15) is 15.8 Å². The van der Waals surface area contributed by atoms with Crippen LogP contribution in [0.5, 0.6) is 0 Å². The molecule has 2 atom stereocenters. The summed E-state index contributed by atoms with van der Waals surface area (Å²) in [4.78, 5) is 37.5. The minimum atomic E-state index is -5.19. The lowest BCUT2D eigenvalue weighted by molar-refractivity contribution is -0.163. The molecule has 1 fully saturated rings. The van der Waals surface area contributed by atoms with Crippen LogP contribution in [0.15, 0.2) is 42.5 Å². The van der Waals surface area contributed by atoms with Crippen molar-refractivity contribution in [2.75, 3.05) is 16.0 Å². The van der Waals surface area contributed by atoms with Crippen molar-refractivity contribution in [1.82, 2.24) is 0 Å². The van der Waals surface area contributed by atoms with Gasteiger partial charge in [0, 0.05) is 11.6 Å². The third-order valence-electron chi connectivity index (χ3n) is 6.33. The molecule has 3 aromatic rings. The summed E-state index contributed by atoms with van der Waals surface area (Å²) in [5, 5.41) is 5.59. The highest BCUT2D eigenvalue weighted by Crippen LogP contribution is 2.65. The van der Waals surface area contributed by atoms with E-state index >= 15 is 0 Å². The molecular weight excluding hydrogens is 729 g/mol. The van der Waals surface area contributed by atoms with E-state index in [1.807, 2.05) is 5.32 Å². The number of amides is 3. The molecule has 0 unspecified atom stereocenters. The lowest BCUT2D eigenvalue weighted by atomic mass is 10.1. The zero-order valence-corrected chi connectivity index (χ0v) is 25.6. The Morgan fingerprint density at radius 3 is 2.05 bits per heavy atom. The summed E-state index contributed by atoms with van der Waals surface area (Å²) in [6, 6.07) is 7.34. The number of rotatable bonds is 8. The molecule has 3 N–H and O–H groups in total. The molecule has 1 aliphatic rings. The maximum atomic E-state index is 14.9. The van der Waals surface area contributed by atoms with Gasteiger partial charge in [0.2, 0.25) is 5.91 Å². The Labute approximate surface area is 273 Å². The molecule has 1 aliphatic carbocycles. The van der Waals surface area contributed by atoms with Crippen molar-refractivity contribution in [3.05, 3.63) is 85.3 Å². The summed E-state index contributed by atoms with van der Waals surface area (Å²) >= 11 is 36.9. The van der Waals surface area contributed by atoms with Crippen LogP contribution in [0.25, 0.3) is 0 Å². The van der Waals surface area contributed by atoms with Gasteiger partial charge < -0.3 is 16.0 Å². The molecule has 44 heavy (non-hydrogen) atoms. The highest BCUT2D eigenvalue weighted by molar-refractivity contribution is 6.54. The molecule has 0 bridgehead atoms. The quantitative estimate of drug-likeness (QED) is 0.122. The number of carbonyl (C=O) groups excluding carboxylic acids is 3.